The minimum absolute atomic E-state index is 0.151. The first-order chi connectivity index (χ1) is 11.6. The van der Waals surface area contributed by atoms with Crippen LogP contribution in [0.15, 0.2) is 24.4 Å². The molecule has 1 aliphatic heterocycles. The van der Waals surface area contributed by atoms with E-state index in [9.17, 15) is 9.59 Å². The maximum absolute atomic E-state index is 12.3. The Kier molecular flexibility index (Phi) is 4.17. The van der Waals surface area contributed by atoms with Gasteiger partial charge in [0.2, 0.25) is 5.91 Å². The SMILES string of the molecule is N#Cc1ccc2[nH]cc(C(=O)NCC(=O)N3CCC[C@H]3C#N)c2c1. The average Bonchev–Trinajstić information content (AvgIpc) is 3.25. The number of benzene rings is 1. The molecule has 2 N–H and O–H groups in total. The van der Waals surface area contributed by atoms with E-state index in [0.29, 0.717) is 29.5 Å². The summed E-state index contributed by atoms with van der Waals surface area (Å²) >= 11 is 0. The van der Waals surface area contributed by atoms with Gasteiger partial charge in [0, 0.05) is 23.6 Å². The highest BCUT2D eigenvalue weighted by atomic mass is 16.2. The van der Waals surface area contributed by atoms with E-state index in [1.54, 1.807) is 24.4 Å². The summed E-state index contributed by atoms with van der Waals surface area (Å²) in [5, 5.41) is 21.2. The molecule has 7 nitrogen and oxygen atoms in total. The molecule has 24 heavy (non-hydrogen) atoms. The summed E-state index contributed by atoms with van der Waals surface area (Å²) in [5.41, 5.74) is 1.59. The van der Waals surface area contributed by atoms with Gasteiger partial charge in [0.15, 0.2) is 0 Å². The number of nitrogens with one attached hydrogen (secondary N) is 2. The standard InChI is InChI=1S/C17H15N5O2/c18-7-11-3-4-15-13(6-11)14(9-20-15)17(24)21-10-16(23)22-5-1-2-12(22)8-19/h3-4,6,9,12,20H,1-2,5,10H2,(H,21,24)/t12-/m0/s1. The predicted octanol–water partition coefficient (Wildman–Crippen LogP) is 1.28. The van der Waals surface area contributed by atoms with Crippen molar-refractivity contribution < 1.29 is 9.59 Å². The lowest BCUT2D eigenvalue weighted by molar-refractivity contribution is -0.130. The molecule has 2 heterocycles. The first-order valence-corrected chi connectivity index (χ1v) is 7.62. The Bertz CT molecular complexity index is 886. The third kappa shape index (κ3) is 2.80. The van der Waals surface area contributed by atoms with Crippen molar-refractivity contribution >= 4 is 22.7 Å². The number of nitrogens with zero attached hydrogens (tertiary/aromatic N) is 3. The number of amides is 2. The first kappa shape index (κ1) is 15.6. The van der Waals surface area contributed by atoms with Crippen LogP contribution in [-0.4, -0.2) is 40.8 Å². The molecular weight excluding hydrogens is 306 g/mol. The Morgan fingerprint density at radius 1 is 1.38 bits per heavy atom. The lowest BCUT2D eigenvalue weighted by Gasteiger charge is -2.19. The summed E-state index contributed by atoms with van der Waals surface area (Å²) in [5.74, 6) is -0.651. The number of likely N-dealkylation sites (tertiary alicyclic amines) is 1. The lowest BCUT2D eigenvalue weighted by atomic mass is 10.1. The largest absolute Gasteiger partial charge is 0.360 e. The Morgan fingerprint density at radius 3 is 2.96 bits per heavy atom. The van der Waals surface area contributed by atoms with E-state index in [-0.39, 0.29) is 12.5 Å². The van der Waals surface area contributed by atoms with Gasteiger partial charge in [-0.3, -0.25) is 9.59 Å². The van der Waals surface area contributed by atoms with Crippen molar-refractivity contribution in [3.8, 4) is 12.1 Å². The second-order valence-electron chi connectivity index (χ2n) is 5.63. The molecule has 0 aliphatic carbocycles. The van der Waals surface area contributed by atoms with Crippen LogP contribution in [0.25, 0.3) is 10.9 Å². The summed E-state index contributed by atoms with van der Waals surface area (Å²) in [6.07, 6.45) is 3.03. The zero-order valence-corrected chi connectivity index (χ0v) is 12.9. The van der Waals surface area contributed by atoms with Crippen LogP contribution in [0.1, 0.15) is 28.8 Å². The number of carbonyl (C=O) groups is 2. The average molecular weight is 321 g/mol. The molecule has 1 atom stereocenters. The molecule has 2 amide bonds. The summed E-state index contributed by atoms with van der Waals surface area (Å²) in [7, 11) is 0. The van der Waals surface area contributed by atoms with Crippen molar-refractivity contribution in [3.05, 3.63) is 35.5 Å². The number of fused-ring (bicyclic) bond motifs is 1. The third-order valence-corrected chi connectivity index (χ3v) is 4.18. The van der Waals surface area contributed by atoms with Crippen LogP contribution in [0.5, 0.6) is 0 Å². The fourth-order valence-electron chi connectivity index (χ4n) is 2.93. The number of rotatable bonds is 3. The fraction of sp³-hybridized carbons (Fsp3) is 0.294. The molecule has 0 radical (unpaired) electrons. The molecule has 1 saturated heterocycles. The van der Waals surface area contributed by atoms with E-state index in [1.165, 1.54) is 4.90 Å². The van der Waals surface area contributed by atoms with Crippen LogP contribution >= 0.6 is 0 Å². The molecule has 7 heteroatoms. The van der Waals surface area contributed by atoms with E-state index in [0.717, 1.165) is 11.9 Å². The number of carbonyl (C=O) groups excluding carboxylic acids is 2. The van der Waals surface area contributed by atoms with Crippen molar-refractivity contribution in [1.29, 1.82) is 10.5 Å². The van der Waals surface area contributed by atoms with Gasteiger partial charge < -0.3 is 15.2 Å². The maximum Gasteiger partial charge on any atom is 0.253 e. The fourth-order valence-corrected chi connectivity index (χ4v) is 2.93. The van der Waals surface area contributed by atoms with Crippen molar-refractivity contribution in [1.82, 2.24) is 15.2 Å². The van der Waals surface area contributed by atoms with Gasteiger partial charge in [-0.15, -0.1) is 0 Å². The molecule has 0 unspecified atom stereocenters. The van der Waals surface area contributed by atoms with Crippen molar-refractivity contribution in [2.75, 3.05) is 13.1 Å². The Hall–Kier alpha value is -3.32. The number of nitriles is 2. The predicted molar refractivity (Wildman–Crippen MR) is 85.7 cm³/mol. The topological polar surface area (TPSA) is 113 Å². The number of hydrogen-bond donors (Lipinski definition) is 2. The van der Waals surface area contributed by atoms with Crippen molar-refractivity contribution in [2.45, 2.75) is 18.9 Å². The van der Waals surface area contributed by atoms with Gasteiger partial charge in [-0.1, -0.05) is 0 Å². The van der Waals surface area contributed by atoms with Gasteiger partial charge in [0.25, 0.3) is 5.91 Å². The van der Waals surface area contributed by atoms with E-state index in [1.807, 2.05) is 6.07 Å². The van der Waals surface area contributed by atoms with Gasteiger partial charge in [-0.25, -0.2) is 0 Å². The van der Waals surface area contributed by atoms with Crippen LogP contribution in [0.2, 0.25) is 0 Å². The Morgan fingerprint density at radius 2 is 2.21 bits per heavy atom. The Balaban J connectivity index is 1.71. The molecule has 0 saturated carbocycles. The second kappa shape index (κ2) is 6.43. The highest BCUT2D eigenvalue weighted by Crippen LogP contribution is 2.20. The highest BCUT2D eigenvalue weighted by molar-refractivity contribution is 6.07. The molecule has 1 aromatic carbocycles. The van der Waals surface area contributed by atoms with E-state index in [4.69, 9.17) is 10.5 Å². The van der Waals surface area contributed by atoms with E-state index >= 15 is 0 Å². The van der Waals surface area contributed by atoms with Crippen molar-refractivity contribution in [3.63, 3.8) is 0 Å². The van der Waals surface area contributed by atoms with E-state index < -0.39 is 11.9 Å². The maximum atomic E-state index is 12.3. The third-order valence-electron chi connectivity index (χ3n) is 4.18. The summed E-state index contributed by atoms with van der Waals surface area (Å²) < 4.78 is 0. The summed E-state index contributed by atoms with van der Waals surface area (Å²) in [4.78, 5) is 29.0. The van der Waals surface area contributed by atoms with Gasteiger partial charge in [0.05, 0.1) is 29.8 Å². The molecule has 2 aromatic rings. The summed E-state index contributed by atoms with van der Waals surface area (Å²) in [6, 6.07) is 8.77. The number of hydrogen-bond acceptors (Lipinski definition) is 4. The van der Waals surface area contributed by atoms with Gasteiger partial charge in [0.1, 0.15) is 6.04 Å². The van der Waals surface area contributed by atoms with Gasteiger partial charge >= 0.3 is 0 Å². The molecule has 1 aliphatic rings. The Labute approximate surface area is 138 Å². The zero-order chi connectivity index (χ0) is 17.1. The first-order valence-electron chi connectivity index (χ1n) is 7.62. The van der Waals surface area contributed by atoms with Crippen LogP contribution in [-0.2, 0) is 4.79 Å². The summed E-state index contributed by atoms with van der Waals surface area (Å²) in [6.45, 7) is 0.396. The highest BCUT2D eigenvalue weighted by Gasteiger charge is 2.28. The number of H-pyrrole nitrogens is 1. The van der Waals surface area contributed by atoms with Crippen molar-refractivity contribution in [2.24, 2.45) is 0 Å². The smallest absolute Gasteiger partial charge is 0.253 e. The zero-order valence-electron chi connectivity index (χ0n) is 12.9. The molecule has 1 aromatic heterocycles. The number of aromatic amines is 1. The number of aromatic nitrogens is 1. The lowest BCUT2D eigenvalue weighted by Crippen LogP contribution is -2.42. The van der Waals surface area contributed by atoms with Crippen LogP contribution in [0.4, 0.5) is 0 Å². The van der Waals surface area contributed by atoms with E-state index in [2.05, 4.69) is 16.4 Å². The van der Waals surface area contributed by atoms with Gasteiger partial charge in [-0.2, -0.15) is 10.5 Å². The molecule has 0 bridgehead atoms. The second-order valence-corrected chi connectivity index (χ2v) is 5.63. The quantitative estimate of drug-likeness (QED) is 0.886. The minimum atomic E-state index is -0.402. The molecule has 1 fully saturated rings. The molecule has 3 rings (SSSR count). The molecule has 0 spiro atoms. The normalized spacial score (nSPS) is 16.6. The minimum Gasteiger partial charge on any atom is -0.360 e. The van der Waals surface area contributed by atoms with Gasteiger partial charge in [-0.05, 0) is 31.0 Å². The van der Waals surface area contributed by atoms with Crippen LogP contribution in [0, 0.1) is 22.7 Å². The van der Waals surface area contributed by atoms with Crippen LogP contribution in [0.3, 0.4) is 0 Å². The monoisotopic (exact) mass is 321 g/mol. The molecular formula is C17H15N5O2. The molecule has 120 valence electrons. The van der Waals surface area contributed by atoms with Crippen LogP contribution < -0.4 is 5.32 Å².